The van der Waals surface area contributed by atoms with Crippen molar-refractivity contribution in [3.63, 3.8) is 0 Å². The van der Waals surface area contributed by atoms with Gasteiger partial charge in [0.15, 0.2) is 0 Å². The van der Waals surface area contributed by atoms with E-state index in [-0.39, 0.29) is 18.1 Å². The number of carbonyl (C=O) groups excluding carboxylic acids is 1. The lowest BCUT2D eigenvalue weighted by molar-refractivity contribution is -0.149. The molecule has 0 saturated heterocycles. The zero-order chi connectivity index (χ0) is 16.5. The van der Waals surface area contributed by atoms with Crippen LogP contribution in [0.3, 0.4) is 0 Å². The highest BCUT2D eigenvalue weighted by molar-refractivity contribution is 5.85. The van der Waals surface area contributed by atoms with Crippen LogP contribution in [-0.4, -0.2) is 30.3 Å². The number of anilines is 2. The molecule has 0 fully saturated rings. The molecule has 0 amide bonds. The molecule has 2 rings (SSSR count). The highest BCUT2D eigenvalue weighted by Crippen LogP contribution is 2.42. The molecule has 5 heteroatoms. The first-order chi connectivity index (χ1) is 10.2. The van der Waals surface area contributed by atoms with E-state index in [9.17, 15) is 4.79 Å². The topological polar surface area (TPSA) is 64.8 Å². The zero-order valence-corrected chi connectivity index (χ0v) is 14.1. The van der Waals surface area contributed by atoms with Crippen LogP contribution in [0.2, 0.25) is 0 Å². The summed E-state index contributed by atoms with van der Waals surface area (Å²) in [5, 5.41) is 0. The van der Waals surface area contributed by atoms with Crippen molar-refractivity contribution in [1.82, 2.24) is 0 Å². The SMILES string of the molecule is CCC(C(=O)OC(C)C)N1CC(C)(C)Oc2cccc(N)c21. The molecule has 5 nitrogen and oxygen atoms in total. The number of nitrogens with zero attached hydrogens (tertiary/aromatic N) is 1. The summed E-state index contributed by atoms with van der Waals surface area (Å²) in [6.07, 6.45) is 0.512. The maximum atomic E-state index is 12.5. The molecule has 1 aliphatic rings. The number of nitrogen functional groups attached to an aromatic ring is 1. The van der Waals surface area contributed by atoms with E-state index < -0.39 is 5.60 Å². The van der Waals surface area contributed by atoms with Crippen molar-refractivity contribution in [1.29, 1.82) is 0 Å². The maximum Gasteiger partial charge on any atom is 0.329 e. The van der Waals surface area contributed by atoms with Gasteiger partial charge in [-0.2, -0.15) is 0 Å². The van der Waals surface area contributed by atoms with Crippen molar-refractivity contribution < 1.29 is 14.3 Å². The summed E-state index contributed by atoms with van der Waals surface area (Å²) in [4.78, 5) is 14.5. The lowest BCUT2D eigenvalue weighted by Gasteiger charge is -2.44. The summed E-state index contributed by atoms with van der Waals surface area (Å²) in [5.41, 5.74) is 7.15. The maximum absolute atomic E-state index is 12.5. The van der Waals surface area contributed by atoms with Gasteiger partial charge in [0.2, 0.25) is 0 Å². The number of ether oxygens (including phenoxy) is 2. The van der Waals surface area contributed by atoms with Gasteiger partial charge in [0.25, 0.3) is 0 Å². The first-order valence-electron chi connectivity index (χ1n) is 7.80. The van der Waals surface area contributed by atoms with Gasteiger partial charge in [-0.1, -0.05) is 13.0 Å². The van der Waals surface area contributed by atoms with Crippen LogP contribution in [0.15, 0.2) is 18.2 Å². The van der Waals surface area contributed by atoms with Gasteiger partial charge in [0, 0.05) is 0 Å². The molecule has 0 saturated carbocycles. The largest absolute Gasteiger partial charge is 0.484 e. The summed E-state index contributed by atoms with van der Waals surface area (Å²) in [6, 6.07) is 5.21. The van der Waals surface area contributed by atoms with Crippen molar-refractivity contribution >= 4 is 17.3 Å². The highest BCUT2D eigenvalue weighted by Gasteiger charge is 2.38. The number of hydrogen-bond donors (Lipinski definition) is 1. The van der Waals surface area contributed by atoms with Crippen molar-refractivity contribution in [2.45, 2.75) is 58.8 Å². The molecular weight excluding hydrogens is 280 g/mol. The van der Waals surface area contributed by atoms with Crippen molar-refractivity contribution in [2.75, 3.05) is 17.2 Å². The summed E-state index contributed by atoms with van der Waals surface area (Å²) < 4.78 is 11.4. The van der Waals surface area contributed by atoms with Gasteiger partial charge in [-0.05, 0) is 46.2 Å². The minimum atomic E-state index is -0.397. The highest BCUT2D eigenvalue weighted by atomic mass is 16.5. The average molecular weight is 306 g/mol. The molecule has 1 atom stereocenters. The Morgan fingerprint density at radius 1 is 1.45 bits per heavy atom. The molecule has 1 heterocycles. The van der Waals surface area contributed by atoms with Gasteiger partial charge in [0.05, 0.1) is 18.3 Å². The predicted octanol–water partition coefficient (Wildman–Crippen LogP) is 2.98. The van der Waals surface area contributed by atoms with E-state index in [2.05, 4.69) is 0 Å². The number of para-hydroxylation sites is 1. The molecule has 0 aromatic heterocycles. The van der Waals surface area contributed by atoms with Gasteiger partial charge in [-0.25, -0.2) is 4.79 Å². The molecule has 0 spiro atoms. The van der Waals surface area contributed by atoms with Gasteiger partial charge < -0.3 is 20.1 Å². The monoisotopic (exact) mass is 306 g/mol. The molecule has 1 unspecified atom stereocenters. The van der Waals surface area contributed by atoms with Gasteiger partial charge in [-0.3, -0.25) is 0 Å². The van der Waals surface area contributed by atoms with Crippen molar-refractivity contribution in [2.24, 2.45) is 0 Å². The number of benzene rings is 1. The first-order valence-corrected chi connectivity index (χ1v) is 7.80. The first kappa shape index (κ1) is 16.5. The molecule has 0 bridgehead atoms. The summed E-state index contributed by atoms with van der Waals surface area (Å²) in [5.74, 6) is 0.497. The fraction of sp³-hybridized carbons (Fsp3) is 0.588. The molecule has 22 heavy (non-hydrogen) atoms. The number of nitrogens with two attached hydrogens (primary N) is 1. The minimum absolute atomic E-state index is 0.136. The van der Waals surface area contributed by atoms with Crippen LogP contribution in [0.25, 0.3) is 0 Å². The Balaban J connectivity index is 2.42. The Hall–Kier alpha value is -1.91. The standard InChI is InChI=1S/C17H26N2O3/c1-6-13(16(20)21-11(2)3)19-10-17(4,5)22-14-9-7-8-12(18)15(14)19/h7-9,11,13H,6,10,18H2,1-5H3. The van der Waals surface area contributed by atoms with Gasteiger partial charge in [-0.15, -0.1) is 0 Å². The molecule has 1 aliphatic heterocycles. The number of rotatable bonds is 4. The Morgan fingerprint density at radius 3 is 2.73 bits per heavy atom. The Kier molecular flexibility index (Phi) is 4.54. The van der Waals surface area contributed by atoms with E-state index in [4.69, 9.17) is 15.2 Å². The molecule has 122 valence electrons. The second-order valence-corrected chi connectivity index (χ2v) is 6.59. The third-order valence-corrected chi connectivity index (χ3v) is 3.64. The minimum Gasteiger partial charge on any atom is -0.484 e. The van der Waals surface area contributed by atoms with Crippen molar-refractivity contribution in [3.05, 3.63) is 18.2 Å². The average Bonchev–Trinajstić information content (AvgIpc) is 2.36. The van der Waals surface area contributed by atoms with E-state index in [0.717, 1.165) is 5.69 Å². The van der Waals surface area contributed by atoms with Crippen LogP contribution in [-0.2, 0) is 9.53 Å². The molecule has 1 aromatic carbocycles. The predicted molar refractivity (Wildman–Crippen MR) is 88.2 cm³/mol. The Labute approximate surface area is 132 Å². The van der Waals surface area contributed by atoms with E-state index in [1.807, 2.05) is 57.7 Å². The second kappa shape index (κ2) is 6.07. The Bertz CT molecular complexity index is 555. The lowest BCUT2D eigenvalue weighted by atomic mass is 10.0. The third kappa shape index (κ3) is 3.29. The normalized spacial score (nSPS) is 17.6. The summed E-state index contributed by atoms with van der Waals surface area (Å²) >= 11 is 0. The fourth-order valence-electron chi connectivity index (χ4n) is 2.84. The number of esters is 1. The van der Waals surface area contributed by atoms with E-state index in [0.29, 0.717) is 24.4 Å². The molecule has 0 aliphatic carbocycles. The zero-order valence-electron chi connectivity index (χ0n) is 14.1. The Morgan fingerprint density at radius 2 is 2.14 bits per heavy atom. The third-order valence-electron chi connectivity index (χ3n) is 3.64. The second-order valence-electron chi connectivity index (χ2n) is 6.59. The van der Waals surface area contributed by atoms with Crippen LogP contribution < -0.4 is 15.4 Å². The summed E-state index contributed by atoms with van der Waals surface area (Å²) in [6.45, 7) is 10.3. The van der Waals surface area contributed by atoms with Crippen molar-refractivity contribution in [3.8, 4) is 5.75 Å². The number of carbonyl (C=O) groups is 1. The quantitative estimate of drug-likeness (QED) is 0.684. The summed E-state index contributed by atoms with van der Waals surface area (Å²) in [7, 11) is 0. The molecule has 2 N–H and O–H groups in total. The molecular formula is C17H26N2O3. The van der Waals surface area contributed by atoms with Crippen LogP contribution in [0.5, 0.6) is 5.75 Å². The van der Waals surface area contributed by atoms with Crippen LogP contribution >= 0.6 is 0 Å². The fourth-order valence-corrected chi connectivity index (χ4v) is 2.84. The van der Waals surface area contributed by atoms with Crippen LogP contribution in [0, 0.1) is 0 Å². The van der Waals surface area contributed by atoms with Crippen LogP contribution in [0.4, 0.5) is 11.4 Å². The van der Waals surface area contributed by atoms with E-state index >= 15 is 0 Å². The number of fused-ring (bicyclic) bond motifs is 1. The van der Waals surface area contributed by atoms with Gasteiger partial charge in [0.1, 0.15) is 23.1 Å². The smallest absolute Gasteiger partial charge is 0.329 e. The molecule has 1 aromatic rings. The van der Waals surface area contributed by atoms with E-state index in [1.54, 1.807) is 0 Å². The van der Waals surface area contributed by atoms with Gasteiger partial charge >= 0.3 is 5.97 Å². The van der Waals surface area contributed by atoms with E-state index in [1.165, 1.54) is 0 Å². The van der Waals surface area contributed by atoms with Crippen LogP contribution in [0.1, 0.15) is 41.0 Å². The lowest BCUT2D eigenvalue weighted by Crippen LogP contribution is -2.54. The number of hydrogen-bond acceptors (Lipinski definition) is 5. The molecule has 0 radical (unpaired) electrons.